The highest BCUT2D eigenvalue weighted by atomic mass is 127. The third-order valence-electron chi connectivity index (χ3n) is 2.21. The molecule has 5 N–H and O–H groups in total. The van der Waals surface area contributed by atoms with E-state index >= 15 is 0 Å². The summed E-state index contributed by atoms with van der Waals surface area (Å²) in [5.41, 5.74) is 11.8. The van der Waals surface area contributed by atoms with Crippen LogP contribution < -0.4 is 15.0 Å². The van der Waals surface area contributed by atoms with Gasteiger partial charge in [-0.25, -0.2) is 4.98 Å². The fourth-order valence-electron chi connectivity index (χ4n) is 1.42. The highest BCUT2D eigenvalue weighted by molar-refractivity contribution is 14.1. The van der Waals surface area contributed by atoms with Crippen molar-refractivity contribution >= 4 is 45.3 Å². The van der Waals surface area contributed by atoms with Crippen molar-refractivity contribution < 1.29 is 0 Å². The average molecular weight is 367 g/mol. The first-order valence-electron chi connectivity index (χ1n) is 5.59. The van der Waals surface area contributed by atoms with Crippen molar-refractivity contribution in [2.24, 2.45) is 16.5 Å². The Morgan fingerprint density at radius 2 is 2.24 bits per heavy atom. The summed E-state index contributed by atoms with van der Waals surface area (Å²) < 4.78 is 3.10. The molecule has 0 fully saturated rings. The Kier molecular flexibility index (Phi) is 6.75. The number of guanidine groups is 1. The molecule has 0 radical (unpaired) electrons. The number of hydrogen-bond donors (Lipinski definition) is 3. The number of thiazole rings is 1. The van der Waals surface area contributed by atoms with E-state index in [0.717, 1.165) is 25.1 Å². The molecule has 7 heteroatoms. The summed E-state index contributed by atoms with van der Waals surface area (Å²) in [6.45, 7) is 3.09. The summed E-state index contributed by atoms with van der Waals surface area (Å²) >= 11 is 3.73. The Morgan fingerprint density at radius 3 is 2.82 bits per heavy atom. The molecule has 96 valence electrons. The lowest BCUT2D eigenvalue weighted by Crippen LogP contribution is -2.21. The molecule has 17 heavy (non-hydrogen) atoms. The first-order chi connectivity index (χ1) is 8.17. The van der Waals surface area contributed by atoms with Crippen molar-refractivity contribution in [1.82, 2.24) is 8.51 Å². The zero-order valence-electron chi connectivity index (χ0n) is 9.87. The molecule has 0 unspecified atom stereocenters. The van der Waals surface area contributed by atoms with Gasteiger partial charge in [0.2, 0.25) is 5.13 Å². The Bertz CT molecular complexity index is 347. The number of aromatic nitrogens is 1. The van der Waals surface area contributed by atoms with E-state index in [9.17, 15) is 0 Å². The predicted octanol–water partition coefficient (Wildman–Crippen LogP) is 1.87. The number of nitrogens with one attached hydrogen (secondary N) is 1. The predicted molar refractivity (Wildman–Crippen MR) is 81.9 cm³/mol. The number of hydrogen-bond acceptors (Lipinski definition) is 4. The SMILES string of the molecule is CCCCc1sc(N=C(N)N)nc1CCNI. The molecular weight excluding hydrogens is 349 g/mol. The maximum atomic E-state index is 5.36. The molecule has 0 aliphatic carbocycles. The minimum atomic E-state index is 0.0689. The van der Waals surface area contributed by atoms with Crippen LogP contribution in [0.2, 0.25) is 0 Å². The minimum Gasteiger partial charge on any atom is -0.370 e. The van der Waals surface area contributed by atoms with E-state index in [2.05, 4.69) is 43.3 Å². The van der Waals surface area contributed by atoms with Gasteiger partial charge in [0, 0.05) is 40.7 Å². The van der Waals surface area contributed by atoms with Gasteiger partial charge >= 0.3 is 0 Å². The number of halogens is 1. The number of unbranched alkanes of at least 4 members (excludes halogenated alkanes) is 1. The molecule has 0 aromatic carbocycles. The standard InChI is InChI=1S/C10H18IN5S/c1-2-3-4-8-7(5-6-14-11)15-10(17-8)16-9(12)13/h14H,2-6H2,1H3,(H4,12,13,15,16). The summed E-state index contributed by atoms with van der Waals surface area (Å²) in [4.78, 5) is 9.79. The van der Waals surface area contributed by atoms with Gasteiger partial charge in [-0.1, -0.05) is 24.7 Å². The van der Waals surface area contributed by atoms with E-state index in [1.807, 2.05) is 0 Å². The second-order valence-corrected chi connectivity index (χ2v) is 5.47. The van der Waals surface area contributed by atoms with Gasteiger partial charge in [0.05, 0.1) is 5.69 Å². The van der Waals surface area contributed by atoms with Crippen LogP contribution in [0.4, 0.5) is 5.13 Å². The van der Waals surface area contributed by atoms with Gasteiger partial charge in [-0.3, -0.25) is 3.53 Å². The quantitative estimate of drug-likeness (QED) is 0.297. The molecule has 0 aliphatic heterocycles. The Morgan fingerprint density at radius 1 is 1.47 bits per heavy atom. The van der Waals surface area contributed by atoms with Crippen molar-refractivity contribution in [2.75, 3.05) is 6.54 Å². The zero-order valence-corrected chi connectivity index (χ0v) is 12.8. The van der Waals surface area contributed by atoms with E-state index in [-0.39, 0.29) is 5.96 Å². The fraction of sp³-hybridized carbons (Fsp3) is 0.600. The van der Waals surface area contributed by atoms with Gasteiger partial charge in [-0.15, -0.1) is 0 Å². The molecule has 0 aliphatic rings. The van der Waals surface area contributed by atoms with Crippen LogP contribution in [0, 0.1) is 0 Å². The van der Waals surface area contributed by atoms with Crippen molar-refractivity contribution in [3.63, 3.8) is 0 Å². The van der Waals surface area contributed by atoms with Crippen LogP contribution in [0.3, 0.4) is 0 Å². The monoisotopic (exact) mass is 367 g/mol. The molecule has 0 atom stereocenters. The number of nitrogens with two attached hydrogens (primary N) is 2. The zero-order chi connectivity index (χ0) is 12.7. The number of rotatable bonds is 7. The second kappa shape index (κ2) is 7.83. The highest BCUT2D eigenvalue weighted by Gasteiger charge is 2.10. The molecule has 1 rings (SSSR count). The lowest BCUT2D eigenvalue weighted by atomic mass is 10.2. The van der Waals surface area contributed by atoms with E-state index in [1.54, 1.807) is 11.3 Å². The summed E-state index contributed by atoms with van der Waals surface area (Å²) in [5.74, 6) is 0.0689. The van der Waals surface area contributed by atoms with E-state index in [4.69, 9.17) is 11.5 Å². The van der Waals surface area contributed by atoms with Gasteiger partial charge < -0.3 is 11.5 Å². The largest absolute Gasteiger partial charge is 0.370 e. The summed E-state index contributed by atoms with van der Waals surface area (Å²) in [5, 5.41) is 0.666. The smallest absolute Gasteiger partial charge is 0.212 e. The fourth-order valence-corrected chi connectivity index (χ4v) is 2.73. The normalized spacial score (nSPS) is 10.5. The van der Waals surface area contributed by atoms with Gasteiger partial charge in [-0.05, 0) is 12.8 Å². The number of aryl methyl sites for hydroxylation is 1. The summed E-state index contributed by atoms with van der Waals surface area (Å²) in [6, 6.07) is 0. The van der Waals surface area contributed by atoms with Crippen molar-refractivity contribution in [2.45, 2.75) is 32.6 Å². The van der Waals surface area contributed by atoms with Crippen molar-refractivity contribution in [3.8, 4) is 0 Å². The highest BCUT2D eigenvalue weighted by Crippen LogP contribution is 2.27. The molecule has 0 spiro atoms. The second-order valence-electron chi connectivity index (χ2n) is 3.64. The third kappa shape index (κ3) is 5.17. The lowest BCUT2D eigenvalue weighted by Gasteiger charge is -1.99. The van der Waals surface area contributed by atoms with Crippen LogP contribution in [-0.2, 0) is 12.8 Å². The van der Waals surface area contributed by atoms with Crippen LogP contribution in [0.25, 0.3) is 0 Å². The van der Waals surface area contributed by atoms with Crippen LogP contribution >= 0.6 is 34.2 Å². The molecule has 5 nitrogen and oxygen atoms in total. The van der Waals surface area contributed by atoms with Crippen LogP contribution in [0.5, 0.6) is 0 Å². The van der Waals surface area contributed by atoms with E-state index in [1.165, 1.54) is 17.7 Å². The van der Waals surface area contributed by atoms with E-state index < -0.39 is 0 Å². The van der Waals surface area contributed by atoms with Gasteiger partial charge in [0.15, 0.2) is 5.96 Å². The Balaban J connectivity index is 2.82. The molecule has 0 bridgehead atoms. The molecule has 0 amide bonds. The number of nitrogens with zero attached hydrogens (tertiary/aromatic N) is 2. The van der Waals surface area contributed by atoms with Crippen molar-refractivity contribution in [3.05, 3.63) is 10.6 Å². The van der Waals surface area contributed by atoms with E-state index in [0.29, 0.717) is 5.13 Å². The minimum absolute atomic E-state index is 0.0689. The number of aliphatic imine (C=N–C) groups is 1. The topological polar surface area (TPSA) is 89.3 Å². The van der Waals surface area contributed by atoms with Crippen LogP contribution in [0.1, 0.15) is 30.3 Å². The molecule has 1 heterocycles. The molecular formula is C10H18IN5S. The van der Waals surface area contributed by atoms with Crippen LogP contribution in [0.15, 0.2) is 4.99 Å². The van der Waals surface area contributed by atoms with Gasteiger partial charge in [0.1, 0.15) is 0 Å². The van der Waals surface area contributed by atoms with Crippen LogP contribution in [-0.4, -0.2) is 17.5 Å². The summed E-state index contributed by atoms with van der Waals surface area (Å²) in [6.07, 6.45) is 4.33. The first-order valence-corrected chi connectivity index (χ1v) is 7.48. The average Bonchev–Trinajstić information content (AvgIpc) is 2.64. The molecule has 1 aromatic rings. The summed E-state index contributed by atoms with van der Waals surface area (Å²) in [7, 11) is 0. The maximum absolute atomic E-state index is 5.36. The molecule has 0 saturated heterocycles. The van der Waals surface area contributed by atoms with Crippen molar-refractivity contribution in [1.29, 1.82) is 0 Å². The van der Waals surface area contributed by atoms with Gasteiger partial charge in [-0.2, -0.15) is 4.99 Å². The molecule has 1 aromatic heterocycles. The first kappa shape index (κ1) is 14.7. The Hall–Kier alpha value is -0.410. The van der Waals surface area contributed by atoms with Gasteiger partial charge in [0.25, 0.3) is 0 Å². The Labute approximate surface area is 120 Å². The lowest BCUT2D eigenvalue weighted by molar-refractivity contribution is 0.787. The maximum Gasteiger partial charge on any atom is 0.212 e. The molecule has 0 saturated carbocycles. The third-order valence-corrected chi connectivity index (χ3v) is 3.80.